The average Bonchev–Trinajstić information content (AvgIpc) is 2.93. The standard InChI is InChI=1S/C12H18N6O/c1-19-10-9-17(8-7-13)12-14-15-16-18(12)11-5-3-2-4-6-11/h2-6H,7-10,13H2,1H3. The molecule has 7 nitrogen and oxygen atoms in total. The van der Waals surface area contributed by atoms with Crippen LogP contribution in [0.1, 0.15) is 0 Å². The minimum absolute atomic E-state index is 0.533. The second-order valence-corrected chi connectivity index (χ2v) is 3.99. The maximum Gasteiger partial charge on any atom is 0.250 e. The van der Waals surface area contributed by atoms with Crippen LogP contribution in [0.5, 0.6) is 0 Å². The number of ether oxygens (including phenoxy) is 1. The molecule has 1 aromatic carbocycles. The molecule has 0 fully saturated rings. The van der Waals surface area contributed by atoms with Crippen LogP contribution < -0.4 is 10.6 Å². The molecule has 0 unspecified atom stereocenters. The molecule has 2 aromatic rings. The minimum Gasteiger partial charge on any atom is -0.383 e. The molecule has 102 valence electrons. The largest absolute Gasteiger partial charge is 0.383 e. The van der Waals surface area contributed by atoms with Gasteiger partial charge >= 0.3 is 0 Å². The zero-order valence-electron chi connectivity index (χ0n) is 10.9. The maximum atomic E-state index is 5.64. The van der Waals surface area contributed by atoms with Crippen LogP contribution in [-0.2, 0) is 4.74 Å². The first-order valence-corrected chi connectivity index (χ1v) is 6.14. The van der Waals surface area contributed by atoms with Gasteiger partial charge in [0.2, 0.25) is 5.95 Å². The summed E-state index contributed by atoms with van der Waals surface area (Å²) in [5, 5.41) is 11.9. The normalized spacial score (nSPS) is 10.6. The van der Waals surface area contributed by atoms with Crippen LogP contribution in [-0.4, -0.2) is 53.6 Å². The predicted octanol–water partition coefficient (Wildman–Crippen LogP) is 0.0738. The van der Waals surface area contributed by atoms with Crippen molar-refractivity contribution in [1.82, 2.24) is 20.2 Å². The zero-order chi connectivity index (χ0) is 13.5. The van der Waals surface area contributed by atoms with Gasteiger partial charge in [0, 0.05) is 26.7 Å². The lowest BCUT2D eigenvalue weighted by Crippen LogP contribution is -2.34. The molecular formula is C12H18N6O. The van der Waals surface area contributed by atoms with Crippen molar-refractivity contribution in [1.29, 1.82) is 0 Å². The van der Waals surface area contributed by atoms with Gasteiger partial charge in [0.25, 0.3) is 0 Å². The maximum absolute atomic E-state index is 5.64. The highest BCUT2D eigenvalue weighted by Crippen LogP contribution is 2.14. The van der Waals surface area contributed by atoms with Gasteiger partial charge in [-0.3, -0.25) is 0 Å². The van der Waals surface area contributed by atoms with Gasteiger partial charge in [-0.1, -0.05) is 23.3 Å². The minimum atomic E-state index is 0.533. The van der Waals surface area contributed by atoms with Gasteiger partial charge in [-0.2, -0.15) is 4.68 Å². The van der Waals surface area contributed by atoms with Gasteiger partial charge in [0.05, 0.1) is 12.3 Å². The summed E-state index contributed by atoms with van der Waals surface area (Å²) >= 11 is 0. The van der Waals surface area contributed by atoms with Crippen molar-refractivity contribution in [2.45, 2.75) is 0 Å². The van der Waals surface area contributed by atoms with Crippen molar-refractivity contribution in [2.24, 2.45) is 5.73 Å². The lowest BCUT2D eigenvalue weighted by Gasteiger charge is -2.21. The topological polar surface area (TPSA) is 82.1 Å². The molecule has 0 spiro atoms. The van der Waals surface area contributed by atoms with E-state index in [1.54, 1.807) is 11.8 Å². The van der Waals surface area contributed by atoms with Crippen LogP contribution in [0.25, 0.3) is 5.69 Å². The van der Waals surface area contributed by atoms with Crippen molar-refractivity contribution in [3.63, 3.8) is 0 Å². The Labute approximate surface area is 112 Å². The molecule has 0 aliphatic heterocycles. The van der Waals surface area contributed by atoms with E-state index in [-0.39, 0.29) is 0 Å². The fourth-order valence-electron chi connectivity index (χ4n) is 1.78. The second kappa shape index (κ2) is 6.81. The van der Waals surface area contributed by atoms with Crippen molar-refractivity contribution in [3.05, 3.63) is 30.3 Å². The summed E-state index contributed by atoms with van der Waals surface area (Å²) in [5.74, 6) is 0.675. The van der Waals surface area contributed by atoms with Crippen LogP contribution in [0.3, 0.4) is 0 Å². The van der Waals surface area contributed by atoms with E-state index in [9.17, 15) is 0 Å². The van der Waals surface area contributed by atoms with E-state index in [1.165, 1.54) is 0 Å². The van der Waals surface area contributed by atoms with Crippen molar-refractivity contribution in [2.75, 3.05) is 38.3 Å². The molecule has 0 aliphatic rings. The van der Waals surface area contributed by atoms with Crippen LogP contribution >= 0.6 is 0 Å². The highest BCUT2D eigenvalue weighted by molar-refractivity contribution is 5.40. The smallest absolute Gasteiger partial charge is 0.250 e. The molecule has 0 radical (unpaired) electrons. The van der Waals surface area contributed by atoms with Crippen molar-refractivity contribution >= 4 is 5.95 Å². The van der Waals surface area contributed by atoms with Crippen LogP contribution in [0.2, 0.25) is 0 Å². The summed E-state index contributed by atoms with van der Waals surface area (Å²) in [6.07, 6.45) is 0. The summed E-state index contributed by atoms with van der Waals surface area (Å²) in [4.78, 5) is 2.01. The molecule has 0 bridgehead atoms. The molecule has 0 aliphatic carbocycles. The predicted molar refractivity (Wildman–Crippen MR) is 72.3 cm³/mol. The fraction of sp³-hybridized carbons (Fsp3) is 0.417. The van der Waals surface area contributed by atoms with Crippen LogP contribution in [0.4, 0.5) is 5.95 Å². The third-order valence-electron chi connectivity index (χ3n) is 2.70. The lowest BCUT2D eigenvalue weighted by atomic mass is 10.3. The third-order valence-corrected chi connectivity index (χ3v) is 2.70. The molecular weight excluding hydrogens is 244 g/mol. The van der Waals surface area contributed by atoms with E-state index in [0.717, 1.165) is 5.69 Å². The molecule has 19 heavy (non-hydrogen) atoms. The Kier molecular flexibility index (Phi) is 4.82. The molecule has 0 amide bonds. The van der Waals surface area contributed by atoms with Crippen molar-refractivity contribution in [3.8, 4) is 5.69 Å². The number of nitrogens with two attached hydrogens (primary N) is 1. The van der Waals surface area contributed by atoms with E-state index >= 15 is 0 Å². The molecule has 0 atom stereocenters. The Morgan fingerprint density at radius 1 is 1.26 bits per heavy atom. The van der Waals surface area contributed by atoms with E-state index < -0.39 is 0 Å². The zero-order valence-corrected chi connectivity index (χ0v) is 10.9. The molecule has 0 saturated heterocycles. The van der Waals surface area contributed by atoms with E-state index in [1.807, 2.05) is 35.2 Å². The number of anilines is 1. The van der Waals surface area contributed by atoms with Crippen molar-refractivity contribution < 1.29 is 4.74 Å². The van der Waals surface area contributed by atoms with E-state index in [0.29, 0.717) is 32.2 Å². The summed E-state index contributed by atoms with van der Waals surface area (Å²) < 4.78 is 6.80. The SMILES string of the molecule is COCCN(CCN)c1nnnn1-c1ccccc1. The number of para-hydroxylation sites is 1. The summed E-state index contributed by atoms with van der Waals surface area (Å²) in [6.45, 7) is 2.50. The Morgan fingerprint density at radius 3 is 2.74 bits per heavy atom. The lowest BCUT2D eigenvalue weighted by molar-refractivity contribution is 0.205. The van der Waals surface area contributed by atoms with Gasteiger partial charge in [-0.05, 0) is 22.6 Å². The van der Waals surface area contributed by atoms with Gasteiger partial charge < -0.3 is 15.4 Å². The van der Waals surface area contributed by atoms with Gasteiger partial charge in [0.1, 0.15) is 0 Å². The number of benzene rings is 1. The highest BCUT2D eigenvalue weighted by Gasteiger charge is 2.15. The summed E-state index contributed by atoms with van der Waals surface area (Å²) in [6, 6.07) is 9.76. The number of tetrazole rings is 1. The number of aromatic nitrogens is 4. The molecule has 1 aromatic heterocycles. The number of hydrogen-bond acceptors (Lipinski definition) is 6. The third kappa shape index (κ3) is 3.27. The molecule has 2 N–H and O–H groups in total. The first kappa shape index (κ1) is 13.4. The van der Waals surface area contributed by atoms with Gasteiger partial charge in [0.15, 0.2) is 0 Å². The molecule has 7 heteroatoms. The van der Waals surface area contributed by atoms with Crippen LogP contribution in [0.15, 0.2) is 30.3 Å². The number of nitrogens with zero attached hydrogens (tertiary/aromatic N) is 5. The highest BCUT2D eigenvalue weighted by atomic mass is 16.5. The first-order valence-electron chi connectivity index (χ1n) is 6.14. The number of rotatable bonds is 7. The quantitative estimate of drug-likeness (QED) is 0.760. The second-order valence-electron chi connectivity index (χ2n) is 3.99. The monoisotopic (exact) mass is 262 g/mol. The molecule has 2 rings (SSSR count). The molecule has 0 saturated carbocycles. The Morgan fingerprint density at radius 2 is 2.05 bits per heavy atom. The molecule has 1 heterocycles. The van der Waals surface area contributed by atoms with E-state index in [4.69, 9.17) is 10.5 Å². The number of hydrogen-bond donors (Lipinski definition) is 1. The number of methoxy groups -OCH3 is 1. The first-order chi connectivity index (χ1) is 9.36. The Hall–Kier alpha value is -1.99. The average molecular weight is 262 g/mol. The fourth-order valence-corrected chi connectivity index (χ4v) is 1.78. The van der Waals surface area contributed by atoms with Gasteiger partial charge in [-0.15, -0.1) is 0 Å². The summed E-state index contributed by atoms with van der Waals surface area (Å²) in [7, 11) is 1.67. The van der Waals surface area contributed by atoms with Gasteiger partial charge in [-0.25, -0.2) is 0 Å². The Bertz CT molecular complexity index is 486. The summed E-state index contributed by atoms with van der Waals surface area (Å²) in [5.41, 5.74) is 6.55. The van der Waals surface area contributed by atoms with E-state index in [2.05, 4.69) is 15.5 Å². The Balaban J connectivity index is 2.26. The van der Waals surface area contributed by atoms with Crippen LogP contribution in [0, 0.1) is 0 Å².